The fourth-order valence-corrected chi connectivity index (χ4v) is 3.51. The molecule has 3 rings (SSSR count). The predicted octanol–water partition coefficient (Wildman–Crippen LogP) is 4.39. The van der Waals surface area contributed by atoms with Crippen molar-refractivity contribution in [2.45, 2.75) is 52.2 Å². The maximum absolute atomic E-state index is 12.1. The Morgan fingerprint density at radius 3 is 2.71 bits per heavy atom. The van der Waals surface area contributed by atoms with Crippen LogP contribution in [0, 0.1) is 0 Å². The Kier molecular flexibility index (Phi) is 5.35. The molecule has 0 fully saturated rings. The number of aliphatic carboxylic acids is 1. The highest BCUT2D eigenvalue weighted by atomic mass is 16.5. The van der Waals surface area contributed by atoms with Crippen molar-refractivity contribution in [1.29, 1.82) is 0 Å². The van der Waals surface area contributed by atoms with Crippen LogP contribution in [0.2, 0.25) is 0 Å². The summed E-state index contributed by atoms with van der Waals surface area (Å²) in [6, 6.07) is 5.97. The molecule has 1 atom stereocenters. The summed E-state index contributed by atoms with van der Waals surface area (Å²) < 4.78 is 13.2. The maximum Gasteiger partial charge on any atom is 0.339 e. The molecule has 0 amide bonds. The fraction of sp³-hybridized carbons (Fsp3) is 0.455. The molecule has 28 heavy (non-hydrogen) atoms. The zero-order valence-corrected chi connectivity index (χ0v) is 17.2. The van der Waals surface area contributed by atoms with Crippen LogP contribution in [0.5, 0.6) is 5.75 Å². The third-order valence-electron chi connectivity index (χ3n) is 4.64. The van der Waals surface area contributed by atoms with Crippen LogP contribution in [0.25, 0.3) is 16.7 Å². The summed E-state index contributed by atoms with van der Waals surface area (Å²) in [5.41, 5.74) is 4.10. The van der Waals surface area contributed by atoms with E-state index in [4.69, 9.17) is 9.47 Å². The Bertz CT molecular complexity index is 921. The van der Waals surface area contributed by atoms with Gasteiger partial charge in [-0.2, -0.15) is 5.10 Å². The summed E-state index contributed by atoms with van der Waals surface area (Å²) in [5, 5.41) is 14.5. The summed E-state index contributed by atoms with van der Waals surface area (Å²) in [5.74, 6) is -0.160. The van der Waals surface area contributed by atoms with Gasteiger partial charge in [0.05, 0.1) is 23.6 Å². The topological polar surface area (TPSA) is 73.6 Å². The molecule has 6 nitrogen and oxygen atoms in total. The standard InChI is InChI=1S/C22H28N2O4/c1-13(2)18-17(15-9-10-16-14(12-15)8-7-11-27-16)19(24(6)23-18)20(21(25)26)28-22(3,4)5/h9-10,12,20H,1,7-8,11H2,2-6H3,(H,25,26). The number of hydrogen-bond acceptors (Lipinski definition) is 4. The van der Waals surface area contributed by atoms with Crippen molar-refractivity contribution in [3.8, 4) is 16.9 Å². The minimum absolute atomic E-state index is 0.511. The van der Waals surface area contributed by atoms with E-state index in [1.807, 2.05) is 39.8 Å². The van der Waals surface area contributed by atoms with Gasteiger partial charge in [0.2, 0.25) is 0 Å². The number of benzene rings is 1. The fourth-order valence-electron chi connectivity index (χ4n) is 3.51. The third-order valence-corrected chi connectivity index (χ3v) is 4.64. The highest BCUT2D eigenvalue weighted by Gasteiger charge is 2.34. The zero-order chi connectivity index (χ0) is 20.6. The molecule has 1 aliphatic heterocycles. The Morgan fingerprint density at radius 1 is 1.39 bits per heavy atom. The largest absolute Gasteiger partial charge is 0.493 e. The van der Waals surface area contributed by atoms with Gasteiger partial charge in [0.15, 0.2) is 6.10 Å². The van der Waals surface area contributed by atoms with Crippen LogP contribution >= 0.6 is 0 Å². The average molecular weight is 384 g/mol. The van der Waals surface area contributed by atoms with Crippen LogP contribution in [-0.4, -0.2) is 33.1 Å². The number of ether oxygens (including phenoxy) is 2. The zero-order valence-electron chi connectivity index (χ0n) is 17.2. The number of carbonyl (C=O) groups is 1. The van der Waals surface area contributed by atoms with Crippen molar-refractivity contribution < 1.29 is 19.4 Å². The monoisotopic (exact) mass is 384 g/mol. The van der Waals surface area contributed by atoms with Crippen LogP contribution in [0.3, 0.4) is 0 Å². The molecule has 150 valence electrons. The molecule has 0 saturated heterocycles. The second-order valence-corrected chi connectivity index (χ2v) is 8.24. The lowest BCUT2D eigenvalue weighted by Gasteiger charge is -2.26. The Hall–Kier alpha value is -2.60. The number of carboxylic acid groups (broad SMARTS) is 1. The number of hydrogen-bond donors (Lipinski definition) is 1. The minimum Gasteiger partial charge on any atom is -0.493 e. The minimum atomic E-state index is -1.15. The number of aryl methyl sites for hydroxylation is 2. The first-order valence-electron chi connectivity index (χ1n) is 9.48. The van der Waals surface area contributed by atoms with Gasteiger partial charge in [-0.25, -0.2) is 4.79 Å². The van der Waals surface area contributed by atoms with Crippen LogP contribution in [0.15, 0.2) is 24.8 Å². The number of rotatable bonds is 5. The van der Waals surface area contributed by atoms with E-state index in [2.05, 4.69) is 17.7 Å². The van der Waals surface area contributed by atoms with Gasteiger partial charge in [-0.3, -0.25) is 4.68 Å². The number of nitrogens with zero attached hydrogens (tertiary/aromatic N) is 2. The van der Waals surface area contributed by atoms with Gasteiger partial charge in [0.1, 0.15) is 5.75 Å². The van der Waals surface area contributed by atoms with Crippen LogP contribution < -0.4 is 4.74 Å². The normalized spacial score (nSPS) is 14.9. The first kappa shape index (κ1) is 20.1. The van der Waals surface area contributed by atoms with E-state index in [0.29, 0.717) is 11.4 Å². The lowest BCUT2D eigenvalue weighted by Crippen LogP contribution is -2.29. The van der Waals surface area contributed by atoms with Gasteiger partial charge in [0, 0.05) is 12.6 Å². The first-order valence-corrected chi connectivity index (χ1v) is 9.48. The molecule has 1 aliphatic rings. The van der Waals surface area contributed by atoms with Crippen molar-refractivity contribution in [2.75, 3.05) is 6.61 Å². The SMILES string of the molecule is C=C(C)c1nn(C)c(C(OC(C)(C)C)C(=O)O)c1-c1ccc2c(c1)CCCO2. The van der Waals surface area contributed by atoms with Crippen molar-refractivity contribution >= 4 is 11.5 Å². The van der Waals surface area contributed by atoms with Crippen molar-refractivity contribution in [2.24, 2.45) is 7.05 Å². The van der Waals surface area contributed by atoms with Crippen LogP contribution in [0.4, 0.5) is 0 Å². The van der Waals surface area contributed by atoms with Crippen LogP contribution in [-0.2, 0) is 23.0 Å². The number of carboxylic acids is 1. The van der Waals surface area contributed by atoms with E-state index >= 15 is 0 Å². The molecular weight excluding hydrogens is 356 g/mol. The highest BCUT2D eigenvalue weighted by Crippen LogP contribution is 2.39. The van der Waals surface area contributed by atoms with Gasteiger partial charge in [0.25, 0.3) is 0 Å². The predicted molar refractivity (Wildman–Crippen MR) is 108 cm³/mol. The van der Waals surface area contributed by atoms with E-state index < -0.39 is 17.7 Å². The molecule has 1 aromatic carbocycles. The number of allylic oxidation sites excluding steroid dienone is 1. The van der Waals surface area contributed by atoms with Gasteiger partial charge >= 0.3 is 5.97 Å². The molecule has 1 unspecified atom stereocenters. The molecule has 6 heteroatoms. The lowest BCUT2D eigenvalue weighted by molar-refractivity contribution is -0.161. The quantitative estimate of drug-likeness (QED) is 0.828. The Balaban J connectivity index is 2.22. The average Bonchev–Trinajstić information content (AvgIpc) is 2.95. The summed E-state index contributed by atoms with van der Waals surface area (Å²) in [4.78, 5) is 12.1. The van der Waals surface area contributed by atoms with Crippen molar-refractivity contribution in [3.05, 3.63) is 41.7 Å². The molecule has 1 N–H and O–H groups in total. The molecule has 1 aromatic heterocycles. The van der Waals surface area contributed by atoms with Gasteiger partial charge in [-0.05, 0) is 69.4 Å². The van der Waals surface area contributed by atoms with E-state index in [1.54, 1.807) is 11.7 Å². The van der Waals surface area contributed by atoms with Crippen molar-refractivity contribution in [1.82, 2.24) is 9.78 Å². The number of aromatic nitrogens is 2. The van der Waals surface area contributed by atoms with E-state index in [1.165, 1.54) is 0 Å². The smallest absolute Gasteiger partial charge is 0.339 e. The van der Waals surface area contributed by atoms with Crippen LogP contribution in [0.1, 0.15) is 57.2 Å². The molecule has 0 saturated carbocycles. The lowest BCUT2D eigenvalue weighted by atomic mass is 9.94. The molecule has 2 aromatic rings. The molecule has 0 radical (unpaired) electrons. The van der Waals surface area contributed by atoms with E-state index in [9.17, 15) is 9.90 Å². The van der Waals surface area contributed by atoms with E-state index in [0.717, 1.165) is 47.5 Å². The maximum atomic E-state index is 12.1. The highest BCUT2D eigenvalue weighted by molar-refractivity contribution is 5.85. The summed E-state index contributed by atoms with van der Waals surface area (Å²) >= 11 is 0. The summed E-state index contributed by atoms with van der Waals surface area (Å²) in [6.07, 6.45) is 0.754. The number of fused-ring (bicyclic) bond motifs is 1. The molecule has 0 aliphatic carbocycles. The molecule has 0 bridgehead atoms. The summed E-state index contributed by atoms with van der Waals surface area (Å²) in [6.45, 7) is 12.2. The third kappa shape index (κ3) is 3.97. The first-order chi connectivity index (χ1) is 13.1. The van der Waals surface area contributed by atoms with Crippen molar-refractivity contribution in [3.63, 3.8) is 0 Å². The van der Waals surface area contributed by atoms with Gasteiger partial charge in [-0.1, -0.05) is 12.6 Å². The van der Waals surface area contributed by atoms with E-state index in [-0.39, 0.29) is 0 Å². The molecule has 2 heterocycles. The Morgan fingerprint density at radius 2 is 2.11 bits per heavy atom. The molecular formula is C22H28N2O4. The second kappa shape index (κ2) is 7.43. The second-order valence-electron chi connectivity index (χ2n) is 8.24. The van der Waals surface area contributed by atoms with Gasteiger partial charge in [-0.15, -0.1) is 0 Å². The van der Waals surface area contributed by atoms with Gasteiger partial charge < -0.3 is 14.6 Å². The Labute approximate surface area is 165 Å². The summed E-state index contributed by atoms with van der Waals surface area (Å²) in [7, 11) is 1.74. The molecule has 0 spiro atoms.